The first-order chi connectivity index (χ1) is 8.34. The number of hydrogen-bond donors (Lipinski definition) is 1. The van der Waals surface area contributed by atoms with E-state index in [1.807, 2.05) is 6.07 Å². The summed E-state index contributed by atoms with van der Waals surface area (Å²) in [5.41, 5.74) is 0.904. The van der Waals surface area contributed by atoms with Gasteiger partial charge in [-0.25, -0.2) is 4.39 Å². The summed E-state index contributed by atoms with van der Waals surface area (Å²) >= 11 is 0. The van der Waals surface area contributed by atoms with Gasteiger partial charge < -0.3 is 10.1 Å². The topological polar surface area (TPSA) is 21.3 Å². The smallest absolute Gasteiger partial charge is 0.123 e. The molecule has 1 aromatic rings. The normalized spacial score (nSPS) is 20.4. The van der Waals surface area contributed by atoms with E-state index >= 15 is 0 Å². The molecule has 2 rings (SSSR count). The molecule has 1 unspecified atom stereocenters. The molecule has 0 saturated carbocycles. The van der Waals surface area contributed by atoms with E-state index in [0.29, 0.717) is 12.6 Å². The largest absolute Gasteiger partial charge is 0.377 e. The molecule has 0 amide bonds. The highest BCUT2D eigenvalue weighted by atomic mass is 19.1. The number of benzene rings is 1. The summed E-state index contributed by atoms with van der Waals surface area (Å²) in [5, 5.41) is 3.49. The van der Waals surface area contributed by atoms with Gasteiger partial charge >= 0.3 is 0 Å². The van der Waals surface area contributed by atoms with E-state index in [-0.39, 0.29) is 5.82 Å². The lowest BCUT2D eigenvalue weighted by Gasteiger charge is -2.23. The minimum absolute atomic E-state index is 0.194. The van der Waals surface area contributed by atoms with Gasteiger partial charge in [0.05, 0.1) is 6.61 Å². The number of piperidine rings is 1. The van der Waals surface area contributed by atoms with Crippen molar-refractivity contribution >= 4 is 0 Å². The van der Waals surface area contributed by atoms with Crippen molar-refractivity contribution in [2.45, 2.75) is 38.3 Å². The highest BCUT2D eigenvalue weighted by Gasteiger charge is 2.11. The average molecular weight is 237 g/mol. The fourth-order valence-corrected chi connectivity index (χ4v) is 2.21. The average Bonchev–Trinajstić information content (AvgIpc) is 2.36. The van der Waals surface area contributed by atoms with Crippen molar-refractivity contribution in [1.82, 2.24) is 5.32 Å². The van der Waals surface area contributed by atoms with Gasteiger partial charge in [0, 0.05) is 12.6 Å². The standard InChI is InChI=1S/C14H20FNO/c15-13-5-3-4-12(10-13)11-17-9-7-14-6-1-2-8-16-14/h3-5,10,14,16H,1-2,6-9,11H2. The van der Waals surface area contributed by atoms with Crippen LogP contribution in [0.5, 0.6) is 0 Å². The van der Waals surface area contributed by atoms with Gasteiger partial charge in [0.1, 0.15) is 5.82 Å². The Labute approximate surface area is 102 Å². The van der Waals surface area contributed by atoms with E-state index in [2.05, 4.69) is 5.32 Å². The maximum atomic E-state index is 12.9. The molecule has 94 valence electrons. The van der Waals surface area contributed by atoms with Crippen molar-refractivity contribution < 1.29 is 9.13 Å². The third-order valence-electron chi connectivity index (χ3n) is 3.18. The minimum atomic E-state index is -0.194. The highest BCUT2D eigenvalue weighted by molar-refractivity contribution is 5.15. The predicted molar refractivity (Wildman–Crippen MR) is 66.3 cm³/mol. The van der Waals surface area contributed by atoms with Gasteiger partial charge in [-0.3, -0.25) is 0 Å². The molecule has 17 heavy (non-hydrogen) atoms. The van der Waals surface area contributed by atoms with Gasteiger partial charge in [-0.15, -0.1) is 0 Å². The van der Waals surface area contributed by atoms with Crippen molar-refractivity contribution in [2.75, 3.05) is 13.2 Å². The molecular weight excluding hydrogens is 217 g/mol. The van der Waals surface area contributed by atoms with Crippen molar-refractivity contribution in [3.63, 3.8) is 0 Å². The second-order valence-electron chi connectivity index (χ2n) is 4.62. The number of ether oxygens (including phenoxy) is 1. The van der Waals surface area contributed by atoms with Gasteiger partial charge in [-0.2, -0.15) is 0 Å². The summed E-state index contributed by atoms with van der Waals surface area (Å²) in [6.45, 7) is 2.38. The minimum Gasteiger partial charge on any atom is -0.377 e. The zero-order chi connectivity index (χ0) is 11.9. The molecular formula is C14H20FNO. The summed E-state index contributed by atoms with van der Waals surface area (Å²) in [7, 11) is 0. The lowest BCUT2D eigenvalue weighted by molar-refractivity contribution is 0.108. The Morgan fingerprint density at radius 3 is 3.06 bits per heavy atom. The number of nitrogens with one attached hydrogen (secondary N) is 1. The van der Waals surface area contributed by atoms with E-state index in [9.17, 15) is 4.39 Å². The van der Waals surface area contributed by atoms with E-state index in [1.54, 1.807) is 6.07 Å². The Morgan fingerprint density at radius 2 is 2.29 bits per heavy atom. The van der Waals surface area contributed by atoms with Crippen molar-refractivity contribution in [3.8, 4) is 0 Å². The monoisotopic (exact) mass is 237 g/mol. The van der Waals surface area contributed by atoms with Gasteiger partial charge in [-0.1, -0.05) is 18.6 Å². The first-order valence-corrected chi connectivity index (χ1v) is 6.40. The third-order valence-corrected chi connectivity index (χ3v) is 3.18. The van der Waals surface area contributed by atoms with E-state index < -0.39 is 0 Å². The number of rotatable bonds is 5. The maximum Gasteiger partial charge on any atom is 0.123 e. The quantitative estimate of drug-likeness (QED) is 0.795. The predicted octanol–water partition coefficient (Wildman–Crippen LogP) is 2.87. The van der Waals surface area contributed by atoms with Crippen LogP contribution in [0.1, 0.15) is 31.2 Å². The van der Waals surface area contributed by atoms with Crippen molar-refractivity contribution in [3.05, 3.63) is 35.6 Å². The van der Waals surface area contributed by atoms with Gasteiger partial charge in [0.15, 0.2) is 0 Å². The molecule has 1 N–H and O–H groups in total. The van der Waals surface area contributed by atoms with Crippen molar-refractivity contribution in [1.29, 1.82) is 0 Å². The van der Waals surface area contributed by atoms with Crippen molar-refractivity contribution in [2.24, 2.45) is 0 Å². The van der Waals surface area contributed by atoms with Crippen LogP contribution < -0.4 is 5.32 Å². The zero-order valence-corrected chi connectivity index (χ0v) is 10.1. The van der Waals surface area contributed by atoms with Crippen LogP contribution in [0.2, 0.25) is 0 Å². The molecule has 0 radical (unpaired) electrons. The number of halogens is 1. The van der Waals surface area contributed by atoms with Crippen LogP contribution in [0.15, 0.2) is 24.3 Å². The van der Waals surface area contributed by atoms with Crippen LogP contribution in [0.25, 0.3) is 0 Å². The molecule has 0 spiro atoms. The van der Waals surface area contributed by atoms with Crippen LogP contribution in [0.4, 0.5) is 4.39 Å². The Kier molecular flexibility index (Phi) is 4.95. The first kappa shape index (κ1) is 12.5. The fourth-order valence-electron chi connectivity index (χ4n) is 2.21. The second-order valence-corrected chi connectivity index (χ2v) is 4.62. The molecule has 1 saturated heterocycles. The zero-order valence-electron chi connectivity index (χ0n) is 10.1. The first-order valence-electron chi connectivity index (χ1n) is 6.40. The summed E-state index contributed by atoms with van der Waals surface area (Å²) in [4.78, 5) is 0. The van der Waals surface area contributed by atoms with Gasteiger partial charge in [-0.05, 0) is 43.5 Å². The molecule has 1 heterocycles. The second kappa shape index (κ2) is 6.72. The van der Waals surface area contributed by atoms with Crippen LogP contribution >= 0.6 is 0 Å². The highest BCUT2D eigenvalue weighted by Crippen LogP contribution is 2.11. The summed E-state index contributed by atoms with van der Waals surface area (Å²) < 4.78 is 18.5. The molecule has 3 heteroatoms. The third kappa shape index (κ3) is 4.44. The molecule has 1 aliphatic heterocycles. The molecule has 1 fully saturated rings. The summed E-state index contributed by atoms with van der Waals surface area (Å²) in [6, 6.07) is 7.20. The molecule has 1 aliphatic rings. The molecule has 1 atom stereocenters. The molecule has 0 aliphatic carbocycles. The van der Waals surface area contributed by atoms with Crippen LogP contribution in [-0.4, -0.2) is 19.2 Å². The van der Waals surface area contributed by atoms with E-state index in [0.717, 1.165) is 25.1 Å². The van der Waals surface area contributed by atoms with Gasteiger partial charge in [0.2, 0.25) is 0 Å². The molecule has 1 aromatic carbocycles. The van der Waals surface area contributed by atoms with Crippen LogP contribution in [0, 0.1) is 5.82 Å². The summed E-state index contributed by atoms with van der Waals surface area (Å²) in [6.07, 6.45) is 4.92. The lowest BCUT2D eigenvalue weighted by Crippen LogP contribution is -2.34. The van der Waals surface area contributed by atoms with Gasteiger partial charge in [0.25, 0.3) is 0 Å². The Hall–Kier alpha value is -0.930. The Morgan fingerprint density at radius 1 is 1.35 bits per heavy atom. The Bertz CT molecular complexity index is 337. The molecule has 0 bridgehead atoms. The fraction of sp³-hybridized carbons (Fsp3) is 0.571. The maximum absolute atomic E-state index is 12.9. The lowest BCUT2D eigenvalue weighted by atomic mass is 10.0. The van der Waals surface area contributed by atoms with Crippen LogP contribution in [-0.2, 0) is 11.3 Å². The van der Waals surface area contributed by atoms with E-state index in [4.69, 9.17) is 4.74 Å². The molecule has 2 nitrogen and oxygen atoms in total. The SMILES string of the molecule is Fc1cccc(COCCC2CCCCN2)c1. The van der Waals surface area contributed by atoms with E-state index in [1.165, 1.54) is 31.4 Å². The van der Waals surface area contributed by atoms with Crippen LogP contribution in [0.3, 0.4) is 0 Å². The number of hydrogen-bond acceptors (Lipinski definition) is 2. The molecule has 0 aromatic heterocycles. The Balaban J connectivity index is 1.62. The summed E-state index contributed by atoms with van der Waals surface area (Å²) in [5.74, 6) is -0.194.